The Labute approximate surface area is 184 Å². The molecule has 12 heteroatoms. The highest BCUT2D eigenvalue weighted by Crippen LogP contribution is 2.35. The van der Waals surface area contributed by atoms with Gasteiger partial charge in [0.1, 0.15) is 18.0 Å². The highest BCUT2D eigenvalue weighted by atomic mass is 32.1. The number of benzene rings is 2. The monoisotopic (exact) mass is 466 g/mol. The van der Waals surface area contributed by atoms with Gasteiger partial charge < -0.3 is 15.4 Å². The maximum atomic E-state index is 12.8. The lowest BCUT2D eigenvalue weighted by Crippen LogP contribution is -2.17. The molecule has 32 heavy (non-hydrogen) atoms. The van der Waals surface area contributed by atoms with Gasteiger partial charge in [-0.2, -0.15) is 13.2 Å². The van der Waals surface area contributed by atoms with Crippen LogP contribution in [-0.2, 0) is 17.6 Å². The number of amides is 1. The molecule has 2 aromatic carbocycles. The summed E-state index contributed by atoms with van der Waals surface area (Å²) in [6, 6.07) is 8.98. The van der Waals surface area contributed by atoms with Crippen LogP contribution in [0.15, 0.2) is 53.4 Å². The minimum Gasteiger partial charge on any atom is -0.485 e. The van der Waals surface area contributed by atoms with E-state index in [2.05, 4.69) is 15.6 Å². The number of hydrogen-bond acceptors (Lipinski definition) is 7. The lowest BCUT2D eigenvalue weighted by Gasteiger charge is -2.13. The molecular weight excluding hydrogens is 449 g/mol. The number of halogens is 3. The van der Waals surface area contributed by atoms with Crippen molar-refractivity contribution < 1.29 is 27.6 Å². The Kier molecular flexibility index (Phi) is 7.25. The molecule has 2 N–H and O–H groups in total. The van der Waals surface area contributed by atoms with Crippen molar-refractivity contribution in [3.8, 4) is 5.75 Å². The fourth-order valence-electron chi connectivity index (χ4n) is 2.69. The van der Waals surface area contributed by atoms with Gasteiger partial charge in [-0.1, -0.05) is 12.1 Å². The average Bonchev–Trinajstić information content (AvgIpc) is 3.26. The first-order valence-corrected chi connectivity index (χ1v) is 10.2. The van der Waals surface area contributed by atoms with Crippen LogP contribution in [0.25, 0.3) is 0 Å². The molecule has 0 atom stereocenters. The molecule has 1 heterocycles. The zero-order valence-corrected chi connectivity index (χ0v) is 17.2. The van der Waals surface area contributed by atoms with Crippen molar-refractivity contribution in [2.24, 2.45) is 0 Å². The second kappa shape index (κ2) is 10.1. The summed E-state index contributed by atoms with van der Waals surface area (Å²) >= 11 is 1.44. The fraction of sp³-hybridized carbons (Fsp3) is 0.200. The van der Waals surface area contributed by atoms with E-state index in [9.17, 15) is 28.1 Å². The number of carbonyl (C=O) groups excluding carboxylic acids is 1. The smallest absolute Gasteiger partial charge is 0.416 e. The summed E-state index contributed by atoms with van der Waals surface area (Å²) < 4.78 is 44.0. The normalized spacial score (nSPS) is 11.1. The first-order chi connectivity index (χ1) is 15.2. The minimum absolute atomic E-state index is 0.0279. The number of aromatic nitrogens is 1. The molecule has 8 nitrogen and oxygen atoms in total. The van der Waals surface area contributed by atoms with Crippen molar-refractivity contribution in [2.45, 2.75) is 19.2 Å². The van der Waals surface area contributed by atoms with E-state index < -0.39 is 28.3 Å². The van der Waals surface area contributed by atoms with Crippen molar-refractivity contribution in [1.29, 1.82) is 0 Å². The second-order valence-electron chi connectivity index (χ2n) is 6.48. The van der Waals surface area contributed by atoms with E-state index in [1.54, 1.807) is 29.8 Å². The van der Waals surface area contributed by atoms with E-state index in [-0.39, 0.29) is 25.3 Å². The summed E-state index contributed by atoms with van der Waals surface area (Å²) in [5.41, 5.74) is 0.915. The molecule has 0 aliphatic rings. The quantitative estimate of drug-likeness (QED) is 0.336. The molecule has 0 aliphatic carbocycles. The first-order valence-electron chi connectivity index (χ1n) is 9.22. The Morgan fingerprint density at radius 1 is 1.19 bits per heavy atom. The highest BCUT2D eigenvalue weighted by molar-refractivity contribution is 7.07. The summed E-state index contributed by atoms with van der Waals surface area (Å²) in [6.07, 6.45) is -4.78. The molecule has 168 valence electrons. The Bertz CT molecular complexity index is 1090. The number of para-hydroxylation sites is 2. The van der Waals surface area contributed by atoms with Crippen LogP contribution >= 0.6 is 11.3 Å². The molecule has 1 amide bonds. The number of thiazole rings is 1. The fourth-order valence-corrected chi connectivity index (χ4v) is 3.23. The third-order valence-electron chi connectivity index (χ3n) is 4.21. The first kappa shape index (κ1) is 23.0. The number of nitrogens with one attached hydrogen (secondary N) is 2. The molecule has 0 saturated heterocycles. The maximum absolute atomic E-state index is 12.8. The van der Waals surface area contributed by atoms with Crippen LogP contribution in [0.1, 0.15) is 17.7 Å². The molecule has 0 radical (unpaired) electrons. The Hall–Kier alpha value is -3.67. The van der Waals surface area contributed by atoms with Crippen LogP contribution < -0.4 is 15.4 Å². The van der Waals surface area contributed by atoms with Gasteiger partial charge in [0.2, 0.25) is 5.91 Å². The van der Waals surface area contributed by atoms with Gasteiger partial charge in [-0.25, -0.2) is 4.98 Å². The van der Waals surface area contributed by atoms with E-state index >= 15 is 0 Å². The van der Waals surface area contributed by atoms with Crippen molar-refractivity contribution in [1.82, 2.24) is 4.98 Å². The van der Waals surface area contributed by atoms with E-state index in [0.29, 0.717) is 17.5 Å². The Morgan fingerprint density at radius 2 is 1.97 bits per heavy atom. The summed E-state index contributed by atoms with van der Waals surface area (Å²) in [4.78, 5) is 26.6. The predicted octanol–water partition coefficient (Wildman–Crippen LogP) is 5.09. The number of hydrogen-bond donors (Lipinski definition) is 2. The third kappa shape index (κ3) is 6.17. The lowest BCUT2D eigenvalue weighted by atomic mass is 10.1. The zero-order valence-electron chi connectivity index (χ0n) is 16.4. The summed E-state index contributed by atoms with van der Waals surface area (Å²) in [7, 11) is 0. The van der Waals surface area contributed by atoms with Gasteiger partial charge in [0, 0.05) is 24.4 Å². The summed E-state index contributed by atoms with van der Waals surface area (Å²) in [5.74, 6) is 0.0389. The SMILES string of the molecule is O=C(CCNc1ccc(C(F)(F)F)cc1[N+](=O)[O-])Nc1ccccc1OCc1cscn1. The van der Waals surface area contributed by atoms with E-state index in [1.165, 1.54) is 11.3 Å². The number of nitro groups is 1. The zero-order chi connectivity index (χ0) is 23.1. The molecule has 0 fully saturated rings. The Morgan fingerprint density at radius 3 is 2.66 bits per heavy atom. The molecule has 0 unspecified atom stereocenters. The van der Waals surface area contributed by atoms with Crippen LogP contribution in [-0.4, -0.2) is 22.4 Å². The standard InChI is InChI=1S/C20H17F3N4O4S/c21-20(22,23)13-5-6-15(17(9-13)27(29)30)24-8-7-19(28)26-16-3-1-2-4-18(16)31-10-14-11-32-12-25-14/h1-6,9,11-12,24H,7-8,10H2,(H,26,28). The van der Waals surface area contributed by atoms with Crippen molar-refractivity contribution in [3.63, 3.8) is 0 Å². The number of anilines is 2. The molecule has 0 spiro atoms. The van der Waals surface area contributed by atoms with Crippen molar-refractivity contribution in [3.05, 3.63) is 74.7 Å². The van der Waals surface area contributed by atoms with E-state index in [4.69, 9.17) is 4.74 Å². The van der Waals surface area contributed by atoms with Crippen LogP contribution in [0, 0.1) is 10.1 Å². The number of nitrogens with zero attached hydrogens (tertiary/aromatic N) is 2. The summed E-state index contributed by atoms with van der Waals surface area (Å²) in [6.45, 7) is 0.204. The van der Waals surface area contributed by atoms with Crippen LogP contribution in [0.4, 0.5) is 30.2 Å². The Balaban J connectivity index is 1.57. The van der Waals surface area contributed by atoms with E-state index in [1.807, 2.05) is 5.38 Å². The largest absolute Gasteiger partial charge is 0.485 e. The van der Waals surface area contributed by atoms with Gasteiger partial charge in [-0.05, 0) is 24.3 Å². The van der Waals surface area contributed by atoms with Gasteiger partial charge in [-0.15, -0.1) is 11.3 Å². The number of carbonyl (C=O) groups is 1. The molecule has 0 aliphatic heterocycles. The van der Waals surface area contributed by atoms with E-state index in [0.717, 1.165) is 17.8 Å². The maximum Gasteiger partial charge on any atom is 0.416 e. The van der Waals surface area contributed by atoms with Gasteiger partial charge in [0.15, 0.2) is 0 Å². The van der Waals surface area contributed by atoms with Crippen LogP contribution in [0.3, 0.4) is 0 Å². The second-order valence-corrected chi connectivity index (χ2v) is 7.20. The average molecular weight is 466 g/mol. The number of rotatable bonds is 9. The molecule has 0 bridgehead atoms. The van der Waals surface area contributed by atoms with Crippen molar-refractivity contribution >= 4 is 34.3 Å². The number of nitro benzene ring substituents is 1. The minimum atomic E-state index is -4.70. The van der Waals surface area contributed by atoms with Gasteiger partial charge >= 0.3 is 6.18 Å². The lowest BCUT2D eigenvalue weighted by molar-refractivity contribution is -0.384. The van der Waals surface area contributed by atoms with Gasteiger partial charge in [-0.3, -0.25) is 14.9 Å². The predicted molar refractivity (Wildman–Crippen MR) is 113 cm³/mol. The highest BCUT2D eigenvalue weighted by Gasteiger charge is 2.33. The van der Waals surface area contributed by atoms with Gasteiger partial charge in [0.05, 0.1) is 27.4 Å². The third-order valence-corrected chi connectivity index (χ3v) is 4.84. The molecule has 3 rings (SSSR count). The van der Waals surface area contributed by atoms with Crippen molar-refractivity contribution in [2.75, 3.05) is 17.2 Å². The molecule has 0 saturated carbocycles. The molecule has 3 aromatic rings. The number of ether oxygens (including phenoxy) is 1. The molecular formula is C20H17F3N4O4S. The number of alkyl halides is 3. The topological polar surface area (TPSA) is 106 Å². The van der Waals surface area contributed by atoms with Crippen LogP contribution in [0.5, 0.6) is 5.75 Å². The summed E-state index contributed by atoms with van der Waals surface area (Å²) in [5, 5.41) is 18.3. The van der Waals surface area contributed by atoms with Crippen LogP contribution in [0.2, 0.25) is 0 Å². The molecule has 1 aromatic heterocycles. The van der Waals surface area contributed by atoms with Gasteiger partial charge in [0.25, 0.3) is 5.69 Å².